The molecule has 1 heterocycles. The third-order valence-electron chi connectivity index (χ3n) is 2.03. The fourth-order valence-electron chi connectivity index (χ4n) is 1.42. The van der Waals surface area contributed by atoms with E-state index in [2.05, 4.69) is 5.32 Å². The lowest BCUT2D eigenvalue weighted by Gasteiger charge is -2.27. The van der Waals surface area contributed by atoms with Crippen LogP contribution in [0.1, 0.15) is 0 Å². The zero-order valence-electron chi connectivity index (χ0n) is 7.17. The molecule has 2 rings (SSSR count). The molecule has 4 heteroatoms. The van der Waals surface area contributed by atoms with Crippen LogP contribution in [0.25, 0.3) is 0 Å². The van der Waals surface area contributed by atoms with E-state index in [-0.39, 0.29) is 5.91 Å². The molecule has 0 saturated heterocycles. The predicted molar refractivity (Wildman–Crippen MR) is 53.4 cm³/mol. The quantitative estimate of drug-likeness (QED) is 0.686. The van der Waals surface area contributed by atoms with Gasteiger partial charge in [-0.1, -0.05) is 11.6 Å². The van der Waals surface area contributed by atoms with Gasteiger partial charge in [0.2, 0.25) is 5.91 Å². The summed E-state index contributed by atoms with van der Waals surface area (Å²) in [7, 11) is 1.87. The molecule has 1 aliphatic rings. The zero-order valence-corrected chi connectivity index (χ0v) is 7.93. The molecule has 68 valence electrons. The van der Waals surface area contributed by atoms with Gasteiger partial charge < -0.3 is 10.2 Å². The molecule has 0 radical (unpaired) electrons. The minimum Gasteiger partial charge on any atom is -0.364 e. The molecule has 1 aromatic rings. The second-order valence-corrected chi connectivity index (χ2v) is 3.50. The van der Waals surface area contributed by atoms with Crippen LogP contribution in [0.4, 0.5) is 11.4 Å². The van der Waals surface area contributed by atoms with Gasteiger partial charge in [0.1, 0.15) is 0 Å². The summed E-state index contributed by atoms with van der Waals surface area (Å²) in [4.78, 5) is 13.0. The normalized spacial score (nSPS) is 15.2. The molecule has 0 aromatic heterocycles. The van der Waals surface area contributed by atoms with E-state index >= 15 is 0 Å². The SMILES string of the molecule is CN1CC(=O)Nc2ccc(Cl)cc21. The third-order valence-corrected chi connectivity index (χ3v) is 2.26. The number of nitrogens with one attached hydrogen (secondary N) is 1. The van der Waals surface area contributed by atoms with E-state index in [0.717, 1.165) is 11.4 Å². The lowest BCUT2D eigenvalue weighted by Crippen LogP contribution is -2.35. The Morgan fingerprint density at radius 2 is 2.31 bits per heavy atom. The molecule has 0 unspecified atom stereocenters. The second kappa shape index (κ2) is 2.92. The lowest BCUT2D eigenvalue weighted by atomic mass is 10.2. The average Bonchev–Trinajstić information content (AvgIpc) is 2.06. The summed E-state index contributed by atoms with van der Waals surface area (Å²) in [6.45, 7) is 0.382. The van der Waals surface area contributed by atoms with Crippen LogP contribution in [-0.4, -0.2) is 19.5 Å². The molecule has 0 aliphatic carbocycles. The number of amides is 1. The molecule has 13 heavy (non-hydrogen) atoms. The molecule has 1 aromatic carbocycles. The fraction of sp³-hybridized carbons (Fsp3) is 0.222. The summed E-state index contributed by atoms with van der Waals surface area (Å²) < 4.78 is 0. The maximum Gasteiger partial charge on any atom is 0.243 e. The van der Waals surface area contributed by atoms with E-state index in [4.69, 9.17) is 11.6 Å². The van der Waals surface area contributed by atoms with Crippen molar-refractivity contribution in [2.24, 2.45) is 0 Å². The molecular weight excluding hydrogens is 188 g/mol. The Kier molecular flexibility index (Phi) is 1.88. The maximum absolute atomic E-state index is 11.1. The number of anilines is 2. The number of hydrogen-bond acceptors (Lipinski definition) is 2. The minimum atomic E-state index is 0.0114. The highest BCUT2D eigenvalue weighted by Crippen LogP contribution is 2.30. The van der Waals surface area contributed by atoms with Crippen molar-refractivity contribution < 1.29 is 4.79 Å². The monoisotopic (exact) mass is 196 g/mol. The highest BCUT2D eigenvalue weighted by molar-refractivity contribution is 6.31. The zero-order chi connectivity index (χ0) is 9.42. The molecule has 0 saturated carbocycles. The second-order valence-electron chi connectivity index (χ2n) is 3.07. The lowest BCUT2D eigenvalue weighted by molar-refractivity contribution is -0.115. The van der Waals surface area contributed by atoms with Crippen molar-refractivity contribution in [2.45, 2.75) is 0 Å². The van der Waals surface area contributed by atoms with Crippen molar-refractivity contribution in [3.8, 4) is 0 Å². The van der Waals surface area contributed by atoms with Gasteiger partial charge in [-0.15, -0.1) is 0 Å². The van der Waals surface area contributed by atoms with Gasteiger partial charge in [0.15, 0.2) is 0 Å². The molecular formula is C9H9ClN2O. The van der Waals surface area contributed by atoms with Crippen LogP contribution in [0.3, 0.4) is 0 Å². The van der Waals surface area contributed by atoms with E-state index in [9.17, 15) is 4.79 Å². The average molecular weight is 197 g/mol. The minimum absolute atomic E-state index is 0.0114. The number of rotatable bonds is 0. The Labute approximate surface area is 81.3 Å². The summed E-state index contributed by atoms with van der Waals surface area (Å²) in [6, 6.07) is 5.42. The van der Waals surface area contributed by atoms with Crippen molar-refractivity contribution >= 4 is 28.9 Å². The first kappa shape index (κ1) is 8.38. The van der Waals surface area contributed by atoms with Gasteiger partial charge in [-0.25, -0.2) is 0 Å². The van der Waals surface area contributed by atoms with Crippen molar-refractivity contribution in [1.82, 2.24) is 0 Å². The number of benzene rings is 1. The molecule has 1 N–H and O–H groups in total. The first-order chi connectivity index (χ1) is 6.16. The van der Waals surface area contributed by atoms with E-state index in [1.165, 1.54) is 0 Å². The van der Waals surface area contributed by atoms with Gasteiger partial charge in [-0.2, -0.15) is 0 Å². The Morgan fingerprint density at radius 1 is 1.54 bits per heavy atom. The molecule has 3 nitrogen and oxygen atoms in total. The number of carbonyl (C=O) groups is 1. The van der Waals surface area contributed by atoms with E-state index in [1.807, 2.05) is 24.1 Å². The van der Waals surface area contributed by atoms with E-state index in [0.29, 0.717) is 11.6 Å². The van der Waals surface area contributed by atoms with E-state index < -0.39 is 0 Å². The summed E-state index contributed by atoms with van der Waals surface area (Å²) >= 11 is 5.84. The first-order valence-corrected chi connectivity index (χ1v) is 4.35. The maximum atomic E-state index is 11.1. The van der Waals surface area contributed by atoms with Crippen LogP contribution >= 0.6 is 11.6 Å². The number of fused-ring (bicyclic) bond motifs is 1. The van der Waals surface area contributed by atoms with Gasteiger partial charge in [0.25, 0.3) is 0 Å². The largest absolute Gasteiger partial charge is 0.364 e. The van der Waals surface area contributed by atoms with Crippen LogP contribution < -0.4 is 10.2 Å². The summed E-state index contributed by atoms with van der Waals surface area (Å²) in [6.07, 6.45) is 0. The van der Waals surface area contributed by atoms with Crippen LogP contribution in [0.2, 0.25) is 5.02 Å². The van der Waals surface area contributed by atoms with Crippen LogP contribution in [0.5, 0.6) is 0 Å². The Hall–Kier alpha value is -1.22. The molecule has 0 atom stereocenters. The summed E-state index contributed by atoms with van der Waals surface area (Å²) in [5.74, 6) is 0.0114. The summed E-state index contributed by atoms with van der Waals surface area (Å²) in [5.41, 5.74) is 1.79. The van der Waals surface area contributed by atoms with Crippen molar-refractivity contribution in [3.63, 3.8) is 0 Å². The molecule has 0 fully saturated rings. The van der Waals surface area contributed by atoms with Gasteiger partial charge in [-0.3, -0.25) is 4.79 Å². The smallest absolute Gasteiger partial charge is 0.243 e. The number of halogens is 1. The van der Waals surface area contributed by atoms with Crippen molar-refractivity contribution in [1.29, 1.82) is 0 Å². The Balaban J connectivity index is 2.49. The van der Waals surface area contributed by atoms with Crippen LogP contribution in [0, 0.1) is 0 Å². The van der Waals surface area contributed by atoms with Crippen molar-refractivity contribution in [3.05, 3.63) is 23.2 Å². The highest BCUT2D eigenvalue weighted by Gasteiger charge is 2.18. The van der Waals surface area contributed by atoms with Gasteiger partial charge >= 0.3 is 0 Å². The third kappa shape index (κ3) is 1.47. The number of carbonyl (C=O) groups excluding carboxylic acids is 1. The predicted octanol–water partition coefficient (Wildman–Crippen LogP) is 1.73. The Morgan fingerprint density at radius 3 is 3.08 bits per heavy atom. The fourth-order valence-corrected chi connectivity index (χ4v) is 1.58. The van der Waals surface area contributed by atoms with Crippen molar-refractivity contribution in [2.75, 3.05) is 23.8 Å². The number of hydrogen-bond donors (Lipinski definition) is 1. The topological polar surface area (TPSA) is 32.3 Å². The number of likely N-dealkylation sites (N-methyl/N-ethyl adjacent to an activating group) is 1. The van der Waals surface area contributed by atoms with Crippen LogP contribution in [-0.2, 0) is 4.79 Å². The Bertz CT molecular complexity index is 365. The molecule has 1 aliphatic heterocycles. The standard InChI is InChI=1S/C9H9ClN2O/c1-12-5-9(13)11-7-3-2-6(10)4-8(7)12/h2-4H,5H2,1H3,(H,11,13). The van der Waals surface area contributed by atoms with Crippen LogP contribution in [0.15, 0.2) is 18.2 Å². The van der Waals surface area contributed by atoms with Gasteiger partial charge in [0.05, 0.1) is 17.9 Å². The van der Waals surface area contributed by atoms with E-state index in [1.54, 1.807) is 6.07 Å². The number of nitrogens with zero attached hydrogens (tertiary/aromatic N) is 1. The summed E-state index contributed by atoms with van der Waals surface area (Å²) in [5, 5.41) is 3.46. The highest BCUT2D eigenvalue weighted by atomic mass is 35.5. The first-order valence-electron chi connectivity index (χ1n) is 3.97. The molecule has 0 spiro atoms. The van der Waals surface area contributed by atoms with Gasteiger partial charge in [-0.05, 0) is 18.2 Å². The molecule has 0 bridgehead atoms. The van der Waals surface area contributed by atoms with Gasteiger partial charge in [0, 0.05) is 12.1 Å². The molecule has 1 amide bonds.